The van der Waals surface area contributed by atoms with E-state index in [-0.39, 0.29) is 142 Å². The quantitative estimate of drug-likeness (QED) is 0.276. The number of hydrogen-bond donors (Lipinski definition) is 0. The van der Waals surface area contributed by atoms with Gasteiger partial charge in [-0.3, -0.25) is 0 Å². The van der Waals surface area contributed by atoms with E-state index in [0.717, 1.165) is 0 Å². The van der Waals surface area contributed by atoms with Crippen LogP contribution in [0.15, 0.2) is 0 Å². The maximum absolute atomic E-state index is 7.81. The first-order valence-corrected chi connectivity index (χ1v) is 0.508. The Morgan fingerprint density at radius 3 is 1.33 bits per heavy atom. The molecule has 38 valence electrons. The van der Waals surface area contributed by atoms with Crippen molar-refractivity contribution in [3.63, 3.8) is 0 Å². The van der Waals surface area contributed by atoms with E-state index in [1.807, 2.05) is 0 Å². The van der Waals surface area contributed by atoms with E-state index in [0.29, 0.717) is 0 Å². The van der Waals surface area contributed by atoms with Crippen LogP contribution < -0.4 is 0 Å². The van der Waals surface area contributed by atoms with Crippen LogP contribution >= 0.6 is 0 Å². The molecule has 0 bridgehead atoms. The Morgan fingerprint density at radius 2 is 1.33 bits per heavy atom. The van der Waals surface area contributed by atoms with Crippen molar-refractivity contribution in [3.05, 3.63) is 0 Å². The first-order valence-electron chi connectivity index (χ1n) is 0.123. The van der Waals surface area contributed by atoms with Crippen molar-refractivity contribution in [3.8, 4) is 0 Å². The van der Waals surface area contributed by atoms with Crippen molar-refractivity contribution in [2.75, 3.05) is 0 Å². The zero-order valence-electron chi connectivity index (χ0n) is 7.41. The molecule has 0 N–H and O–H groups in total. The Morgan fingerprint density at radius 1 is 1.33 bits per heavy atom. The van der Waals surface area contributed by atoms with Gasteiger partial charge in [-0.2, -0.15) is 0 Å². The standard InChI is InChI=1S/Bi.Ca.Cu.O.Pb.Sr.8H/q;+2;;;;+2;;;;;4*-1. The molecule has 6 heavy (non-hydrogen) atoms. The molecule has 1 nitrogen and oxygen atoms in total. The molecule has 0 atom stereocenters. The first kappa shape index (κ1) is 30.7. The first-order chi connectivity index (χ1) is 1.00. The third-order valence-electron chi connectivity index (χ3n) is 0. The molecule has 0 aromatic rings. The van der Waals surface area contributed by atoms with Gasteiger partial charge in [0.25, 0.3) is 0 Å². The van der Waals surface area contributed by atoms with Crippen LogP contribution in [0.4, 0.5) is 0 Å². The van der Waals surface area contributed by atoms with Gasteiger partial charge in [0.05, 0.1) is 0 Å². The third-order valence-corrected chi connectivity index (χ3v) is 0. The normalized spacial score (nSPS) is 1.00. The number of rotatable bonds is 0. The van der Waals surface area contributed by atoms with E-state index in [1.54, 1.807) is 0 Å². The number of hydrogen-bond acceptors (Lipinski definition) is 1. The van der Waals surface area contributed by atoms with Crippen molar-refractivity contribution >= 4 is 137 Å². The Labute approximate surface area is 158 Å². The topological polar surface area (TPSA) is 17.1 Å². The second-order valence-electron chi connectivity index (χ2n) is 0. The summed E-state index contributed by atoms with van der Waals surface area (Å²) in [6.07, 6.45) is 0. The predicted octanol–water partition coefficient (Wildman–Crippen LogP) is -2.27. The monoisotopic (exact) mass is 632 g/mol. The molecule has 0 spiro atoms. The SMILES string of the molecule is [BiH3].[Ca+2].[H-].[H-].[H-].[H-].[O]=[Cu].[PbH].[Sr+2]. The molecule has 6 heteroatoms. The van der Waals surface area contributed by atoms with Crippen molar-refractivity contribution in [1.82, 2.24) is 0 Å². The van der Waals surface area contributed by atoms with Gasteiger partial charge in [0.2, 0.25) is 0 Å². The fourth-order valence-electron chi connectivity index (χ4n) is 0. The van der Waals surface area contributed by atoms with Crippen LogP contribution in [0.5, 0.6) is 0 Å². The molecule has 0 saturated carbocycles. The van der Waals surface area contributed by atoms with E-state index in [4.69, 9.17) is 3.83 Å². The molecular weight excluding hydrogens is 623 g/mol. The fourth-order valence-corrected chi connectivity index (χ4v) is 0. The van der Waals surface area contributed by atoms with E-state index in [1.165, 1.54) is 0 Å². The maximum atomic E-state index is 7.81. The van der Waals surface area contributed by atoms with Crippen LogP contribution in [0.2, 0.25) is 0 Å². The molecular formula is H8BiCaCuOPbSr. The summed E-state index contributed by atoms with van der Waals surface area (Å²) >= 11 is 2.94. The van der Waals surface area contributed by atoms with Crippen molar-refractivity contribution < 1.29 is 25.5 Å². The summed E-state index contributed by atoms with van der Waals surface area (Å²) in [4.78, 5) is 0. The fraction of sp³-hybridized carbons (Fsp3) is 0. The summed E-state index contributed by atoms with van der Waals surface area (Å²) in [5.74, 6) is 0. The molecule has 0 aromatic heterocycles. The van der Waals surface area contributed by atoms with E-state index in [9.17, 15) is 0 Å². The van der Waals surface area contributed by atoms with Gasteiger partial charge in [0.15, 0.2) is 0 Å². The Balaban J connectivity index is -0.000000000179. The molecule has 0 unspecified atom stereocenters. The zero-order valence-corrected chi connectivity index (χ0v) is 20.0. The minimum atomic E-state index is 0. The van der Waals surface area contributed by atoms with Gasteiger partial charge in [0.1, 0.15) is 0 Å². The van der Waals surface area contributed by atoms with Gasteiger partial charge in [0, 0.05) is 0 Å². The average Bonchev–Trinajstić information content (AvgIpc) is 1.00. The smallest absolute Gasteiger partial charge is 2.00 e. The van der Waals surface area contributed by atoms with Crippen LogP contribution in [0.1, 0.15) is 5.71 Å². The predicted molar refractivity (Wildman–Crippen MR) is 33.7 cm³/mol. The second-order valence-corrected chi connectivity index (χ2v) is 0. The minimum absolute atomic E-state index is 0. The summed E-state index contributed by atoms with van der Waals surface area (Å²) in [5, 5.41) is 0. The largest absolute Gasteiger partial charge is 2.00 e. The molecule has 0 aliphatic heterocycles. The summed E-state index contributed by atoms with van der Waals surface area (Å²) in [5.41, 5.74) is 0. The molecule has 0 amide bonds. The van der Waals surface area contributed by atoms with Gasteiger partial charge in [-0.1, -0.05) is 0 Å². The zero-order chi connectivity index (χ0) is 2.00. The van der Waals surface area contributed by atoms with Crippen molar-refractivity contribution in [2.24, 2.45) is 0 Å². The molecule has 0 heterocycles. The Hall–Kier alpha value is 4.86. The Bertz CT molecular complexity index is 25.2. The van der Waals surface area contributed by atoms with Gasteiger partial charge in [-0.15, -0.1) is 0 Å². The van der Waals surface area contributed by atoms with Crippen LogP contribution in [-0.2, 0) is 19.8 Å². The van der Waals surface area contributed by atoms with Crippen LogP contribution in [0.3, 0.4) is 0 Å². The van der Waals surface area contributed by atoms with Gasteiger partial charge < -0.3 is 5.71 Å². The van der Waals surface area contributed by atoms with Crippen molar-refractivity contribution in [2.45, 2.75) is 0 Å². The summed E-state index contributed by atoms with van der Waals surface area (Å²) < 4.78 is 7.81. The molecule has 0 aliphatic carbocycles. The molecule has 0 aromatic carbocycles. The summed E-state index contributed by atoms with van der Waals surface area (Å²) in [6.45, 7) is 0. The van der Waals surface area contributed by atoms with Gasteiger partial charge in [-0.25, -0.2) is 0 Å². The maximum Gasteiger partial charge on any atom is 2.00 e. The molecule has 3 radical (unpaired) electrons. The summed E-state index contributed by atoms with van der Waals surface area (Å²) in [6, 6.07) is 0. The molecule has 0 fully saturated rings. The van der Waals surface area contributed by atoms with Gasteiger partial charge >= 0.3 is 157 Å². The molecule has 0 rings (SSSR count). The Kier molecular flexibility index (Phi) is 168. The second kappa shape index (κ2) is 32.8. The average molecular weight is 631 g/mol. The van der Waals surface area contributed by atoms with E-state index in [2.05, 4.69) is 15.9 Å². The van der Waals surface area contributed by atoms with E-state index >= 15 is 0 Å². The molecule has 0 saturated heterocycles. The van der Waals surface area contributed by atoms with Crippen molar-refractivity contribution in [1.29, 1.82) is 0 Å². The third kappa shape index (κ3) is 23.2. The van der Waals surface area contributed by atoms with Crippen LogP contribution in [0.25, 0.3) is 0 Å². The van der Waals surface area contributed by atoms with Gasteiger partial charge in [-0.05, 0) is 0 Å². The minimum Gasteiger partial charge on any atom is 2.00 e. The molecule has 0 aliphatic rings. The van der Waals surface area contributed by atoms with Crippen LogP contribution in [-0.4, -0.2) is 137 Å². The summed E-state index contributed by atoms with van der Waals surface area (Å²) in [7, 11) is 0. The van der Waals surface area contributed by atoms with Crippen LogP contribution in [0, 0.1) is 0 Å². The van der Waals surface area contributed by atoms with E-state index < -0.39 is 0 Å².